The molecule has 18 heteroatoms. The minimum absolute atomic E-state index is 0.132. The number of benzene rings is 4. The van der Waals surface area contributed by atoms with Gasteiger partial charge in [-0.05, 0) is 29.2 Å². The second-order valence-electron chi connectivity index (χ2n) is 16.5. The lowest BCUT2D eigenvalue weighted by Gasteiger charge is -2.46. The van der Waals surface area contributed by atoms with E-state index in [9.17, 15) is 14.4 Å². The summed E-state index contributed by atoms with van der Waals surface area (Å²) in [6, 6.07) is 39.4. The maximum Gasteiger partial charge on any atom is 0.303 e. The molecule has 356 valence electrons. The summed E-state index contributed by atoms with van der Waals surface area (Å²) in [7, 11) is 0. The van der Waals surface area contributed by atoms with Crippen LogP contribution in [0.1, 0.15) is 62.4 Å². The zero-order chi connectivity index (χ0) is 47.4. The Hall–Kier alpha value is -6.67. The van der Waals surface area contributed by atoms with Crippen LogP contribution in [-0.2, 0) is 83.4 Å². The summed E-state index contributed by atoms with van der Waals surface area (Å²) in [5, 5.41) is 17.8. The number of carbonyl (C=O) groups excluding carboxylic acids is 3. The summed E-state index contributed by atoms with van der Waals surface area (Å²) in [6.45, 7) is 6.44. The topological polar surface area (TPSA) is 196 Å². The first-order valence-electron chi connectivity index (χ1n) is 22.3. The molecule has 0 N–H and O–H groups in total. The fraction of sp³-hybridized carbons (Fsp3) is 0.380. The second-order valence-corrected chi connectivity index (χ2v) is 16.5. The van der Waals surface area contributed by atoms with E-state index in [2.05, 4.69) is 20.6 Å². The van der Waals surface area contributed by atoms with E-state index in [4.69, 9.17) is 42.6 Å². The van der Waals surface area contributed by atoms with Crippen molar-refractivity contribution >= 4 is 17.9 Å². The van der Waals surface area contributed by atoms with Crippen molar-refractivity contribution in [1.29, 1.82) is 0 Å². The fourth-order valence-corrected chi connectivity index (χ4v) is 8.22. The number of rotatable bonds is 19. The van der Waals surface area contributed by atoms with Crippen molar-refractivity contribution in [2.75, 3.05) is 6.61 Å². The van der Waals surface area contributed by atoms with Crippen molar-refractivity contribution in [3.8, 4) is 11.4 Å². The van der Waals surface area contributed by atoms with Crippen LogP contribution in [0.2, 0.25) is 0 Å². The number of esters is 3. The largest absolute Gasteiger partial charge is 0.456 e. The van der Waals surface area contributed by atoms with Crippen molar-refractivity contribution in [2.24, 2.45) is 0 Å². The van der Waals surface area contributed by atoms with Gasteiger partial charge >= 0.3 is 17.9 Å². The summed E-state index contributed by atoms with van der Waals surface area (Å²) in [4.78, 5) is 36.8. The van der Waals surface area contributed by atoms with E-state index < -0.39 is 79.2 Å². The lowest BCUT2D eigenvalue weighted by atomic mass is 9.97. The number of hydrogen-bond donors (Lipinski definition) is 0. The van der Waals surface area contributed by atoms with Gasteiger partial charge in [0, 0.05) is 20.8 Å². The van der Waals surface area contributed by atoms with E-state index in [0.29, 0.717) is 12.3 Å². The summed E-state index contributed by atoms with van der Waals surface area (Å²) in [5.41, 5.74) is 4.41. The van der Waals surface area contributed by atoms with Crippen LogP contribution in [0.25, 0.3) is 11.4 Å². The molecule has 68 heavy (non-hydrogen) atoms. The molecule has 0 radical (unpaired) electrons. The minimum atomic E-state index is -1.29. The van der Waals surface area contributed by atoms with E-state index in [1.165, 1.54) is 31.6 Å². The predicted octanol–water partition coefficient (Wildman–Crippen LogP) is 6.12. The molecular formula is C50H54N6O12. The van der Waals surface area contributed by atoms with Gasteiger partial charge in [-0.15, -0.1) is 10.2 Å². The van der Waals surface area contributed by atoms with Crippen molar-refractivity contribution in [2.45, 2.75) is 115 Å². The summed E-state index contributed by atoms with van der Waals surface area (Å²) in [6.07, 6.45) is -6.28. The van der Waals surface area contributed by atoms with Gasteiger partial charge in [-0.1, -0.05) is 132 Å². The van der Waals surface area contributed by atoms with Crippen LogP contribution < -0.4 is 0 Å². The standard InChI is InChI=1S/C50H54N6O12/c1-32-43(65-33(2)57)46(66-34(3)58)48(67-35(4)59)50(64-32)56-26-41(52-54-56)40-25-55(53-51-40)49-47(63-30-39-23-15-8-16-24-39)45(62-29-38-21-13-7-14-22-38)44(61-28-37-19-11-6-12-20-37)42(68-49)31-60-27-36-17-9-5-10-18-36/h5-26,32,42-50H,27-31H2,1-4H3/t32-,42-,43+,44-,45+,46+,47+,48-,49+,50-/m1/s1. The Morgan fingerprint density at radius 2 is 0.882 bits per heavy atom. The smallest absolute Gasteiger partial charge is 0.303 e. The third kappa shape index (κ3) is 12.3. The Kier molecular flexibility index (Phi) is 16.1. The molecule has 4 aromatic carbocycles. The first-order valence-corrected chi connectivity index (χ1v) is 22.3. The minimum Gasteiger partial charge on any atom is -0.456 e. The van der Waals surface area contributed by atoms with Gasteiger partial charge in [0.15, 0.2) is 30.8 Å². The number of carbonyl (C=O) groups is 3. The van der Waals surface area contributed by atoms with Gasteiger partial charge in [0.05, 0.1) is 51.5 Å². The quantitative estimate of drug-likeness (QED) is 0.0665. The molecule has 0 spiro atoms. The molecule has 4 heterocycles. The summed E-state index contributed by atoms with van der Waals surface area (Å²) < 4.78 is 59.8. The first-order chi connectivity index (χ1) is 33.1. The molecule has 0 aliphatic carbocycles. The molecule has 2 aromatic heterocycles. The van der Waals surface area contributed by atoms with Crippen molar-refractivity contribution in [1.82, 2.24) is 30.0 Å². The maximum atomic E-state index is 12.4. The van der Waals surface area contributed by atoms with E-state index in [0.717, 1.165) is 22.3 Å². The molecule has 0 unspecified atom stereocenters. The number of aromatic nitrogens is 6. The highest BCUT2D eigenvalue weighted by atomic mass is 16.7. The van der Waals surface area contributed by atoms with Crippen LogP contribution in [0.15, 0.2) is 134 Å². The lowest BCUT2D eigenvalue weighted by Crippen LogP contribution is -2.59. The van der Waals surface area contributed by atoms with Gasteiger partial charge in [0.25, 0.3) is 0 Å². The zero-order valence-electron chi connectivity index (χ0n) is 38.1. The van der Waals surface area contributed by atoms with E-state index in [1.807, 2.05) is 121 Å². The Balaban J connectivity index is 1.13. The molecule has 2 saturated heterocycles. The Bertz CT molecular complexity index is 2530. The van der Waals surface area contributed by atoms with Gasteiger partial charge in [-0.2, -0.15) is 0 Å². The lowest BCUT2D eigenvalue weighted by molar-refractivity contribution is -0.292. The van der Waals surface area contributed by atoms with Gasteiger partial charge in [-0.25, -0.2) is 9.36 Å². The molecular weight excluding hydrogens is 877 g/mol. The van der Waals surface area contributed by atoms with Crippen LogP contribution in [0.3, 0.4) is 0 Å². The van der Waals surface area contributed by atoms with Crippen LogP contribution in [-0.4, -0.2) is 103 Å². The maximum absolute atomic E-state index is 12.4. The van der Waals surface area contributed by atoms with Crippen LogP contribution in [0.5, 0.6) is 0 Å². The van der Waals surface area contributed by atoms with Gasteiger partial charge in [0.2, 0.25) is 0 Å². The first kappa shape index (κ1) is 47.8. The molecule has 0 bridgehead atoms. The molecule has 10 atom stereocenters. The summed E-state index contributed by atoms with van der Waals surface area (Å²) >= 11 is 0. The number of ether oxygens (including phenoxy) is 9. The molecule has 2 aliphatic heterocycles. The van der Waals surface area contributed by atoms with E-state index in [1.54, 1.807) is 17.8 Å². The zero-order valence-corrected chi connectivity index (χ0v) is 38.1. The van der Waals surface area contributed by atoms with Crippen molar-refractivity contribution in [3.05, 3.63) is 156 Å². The average molecular weight is 931 g/mol. The fourth-order valence-electron chi connectivity index (χ4n) is 8.22. The van der Waals surface area contributed by atoms with Crippen molar-refractivity contribution in [3.63, 3.8) is 0 Å². The SMILES string of the molecule is CC(=O)O[C@@H]1[C@@H](OC(C)=O)[C@H](n2cc(-c3cn([C@H]4O[C@H](COCc5ccccc5)[C@@H](OCc5ccccc5)[C@H](OCc5ccccc5)[C@@H]4OCc4ccccc4)nn3)nn2)O[C@H](C)[C@@H]1OC(C)=O. The highest BCUT2D eigenvalue weighted by Crippen LogP contribution is 2.37. The predicted molar refractivity (Wildman–Crippen MR) is 240 cm³/mol. The second kappa shape index (κ2) is 22.9. The van der Waals surface area contributed by atoms with Crippen LogP contribution >= 0.6 is 0 Å². The third-order valence-corrected chi connectivity index (χ3v) is 11.3. The number of hydrogen-bond acceptors (Lipinski definition) is 16. The monoisotopic (exact) mass is 930 g/mol. The number of nitrogens with zero attached hydrogens (tertiary/aromatic N) is 6. The normalized spacial score (nSPS) is 24.8. The van der Waals surface area contributed by atoms with Crippen LogP contribution in [0, 0.1) is 0 Å². The molecule has 0 amide bonds. The molecule has 18 nitrogen and oxygen atoms in total. The Morgan fingerprint density at radius 3 is 1.35 bits per heavy atom. The highest BCUT2D eigenvalue weighted by molar-refractivity contribution is 5.68. The molecule has 2 aliphatic rings. The van der Waals surface area contributed by atoms with Crippen LogP contribution in [0.4, 0.5) is 0 Å². The molecule has 0 saturated carbocycles. The van der Waals surface area contributed by atoms with Gasteiger partial charge < -0.3 is 42.6 Å². The molecule has 2 fully saturated rings. The van der Waals surface area contributed by atoms with E-state index >= 15 is 0 Å². The third-order valence-electron chi connectivity index (χ3n) is 11.3. The van der Waals surface area contributed by atoms with Gasteiger partial charge in [0.1, 0.15) is 35.8 Å². The highest BCUT2D eigenvalue weighted by Gasteiger charge is 2.52. The Labute approximate surface area is 393 Å². The summed E-state index contributed by atoms with van der Waals surface area (Å²) in [5.74, 6) is -2.02. The average Bonchev–Trinajstić information content (AvgIpc) is 4.04. The Morgan fingerprint density at radius 1 is 0.485 bits per heavy atom. The van der Waals surface area contributed by atoms with E-state index in [-0.39, 0.29) is 32.1 Å². The van der Waals surface area contributed by atoms with Gasteiger partial charge in [-0.3, -0.25) is 14.4 Å². The molecule has 8 rings (SSSR count). The van der Waals surface area contributed by atoms with Crippen molar-refractivity contribution < 1.29 is 57.0 Å². The molecule has 6 aromatic rings.